The van der Waals surface area contributed by atoms with E-state index in [4.69, 9.17) is 10.5 Å². The molecule has 0 aliphatic carbocycles. The molecule has 0 saturated carbocycles. The van der Waals surface area contributed by atoms with Gasteiger partial charge in [0.1, 0.15) is 11.5 Å². The second-order valence-electron chi connectivity index (χ2n) is 3.47. The number of rotatable bonds is 5. The average molecular weight is 217 g/mol. The van der Waals surface area contributed by atoms with Crippen LogP contribution in [0.4, 0.5) is 0 Å². The molecule has 16 heavy (non-hydrogen) atoms. The van der Waals surface area contributed by atoms with Gasteiger partial charge in [0.05, 0.1) is 0 Å². The lowest BCUT2D eigenvalue weighted by Crippen LogP contribution is -1.97. The quantitative estimate of drug-likeness (QED) is 0.606. The second kappa shape index (κ2) is 6.85. The van der Waals surface area contributed by atoms with E-state index in [0.717, 1.165) is 23.5 Å². The fourth-order valence-electron chi connectivity index (χ4n) is 1.38. The van der Waals surface area contributed by atoms with E-state index in [1.807, 2.05) is 43.3 Å². The minimum Gasteiger partial charge on any atom is -0.458 e. The highest BCUT2D eigenvalue weighted by molar-refractivity contribution is 5.31. The van der Waals surface area contributed by atoms with E-state index >= 15 is 0 Å². The first-order valence-corrected chi connectivity index (χ1v) is 5.59. The molecule has 0 bridgehead atoms. The minimum atomic E-state index is 0.535. The third-order valence-electron chi connectivity index (χ3n) is 2.11. The van der Waals surface area contributed by atoms with Crippen molar-refractivity contribution < 1.29 is 4.74 Å². The molecule has 0 aliphatic heterocycles. The summed E-state index contributed by atoms with van der Waals surface area (Å²) in [6.45, 7) is 4.60. The molecular formula is C14H19NO. The molecule has 1 aromatic rings. The van der Waals surface area contributed by atoms with Crippen LogP contribution in [-0.2, 0) is 6.54 Å². The summed E-state index contributed by atoms with van der Waals surface area (Å²) in [4.78, 5) is 0. The Kier molecular flexibility index (Phi) is 5.37. The third kappa shape index (κ3) is 3.91. The lowest BCUT2D eigenvalue weighted by molar-refractivity contribution is 0.441. The van der Waals surface area contributed by atoms with Gasteiger partial charge in [0.2, 0.25) is 0 Å². The first kappa shape index (κ1) is 12.5. The van der Waals surface area contributed by atoms with Gasteiger partial charge in [-0.05, 0) is 43.2 Å². The van der Waals surface area contributed by atoms with Crippen molar-refractivity contribution in [3.8, 4) is 5.75 Å². The van der Waals surface area contributed by atoms with Crippen molar-refractivity contribution in [3.05, 3.63) is 53.8 Å². The van der Waals surface area contributed by atoms with Gasteiger partial charge < -0.3 is 10.5 Å². The average Bonchev–Trinajstić information content (AvgIpc) is 2.30. The number of hydrogen-bond donors (Lipinski definition) is 1. The molecule has 0 amide bonds. The number of benzene rings is 1. The zero-order valence-corrected chi connectivity index (χ0v) is 9.94. The number of nitrogens with two attached hydrogens (primary N) is 1. The van der Waals surface area contributed by atoms with Crippen LogP contribution in [0.25, 0.3) is 0 Å². The Hall–Kier alpha value is -1.54. The Morgan fingerprint density at radius 2 is 2.25 bits per heavy atom. The summed E-state index contributed by atoms with van der Waals surface area (Å²) < 4.78 is 5.76. The summed E-state index contributed by atoms with van der Waals surface area (Å²) >= 11 is 0. The van der Waals surface area contributed by atoms with Crippen molar-refractivity contribution in [3.63, 3.8) is 0 Å². The van der Waals surface area contributed by atoms with Crippen LogP contribution < -0.4 is 10.5 Å². The van der Waals surface area contributed by atoms with Gasteiger partial charge in [-0.1, -0.05) is 25.1 Å². The second-order valence-corrected chi connectivity index (χ2v) is 3.47. The molecular weight excluding hydrogens is 198 g/mol. The van der Waals surface area contributed by atoms with E-state index in [1.165, 1.54) is 0 Å². The summed E-state index contributed by atoms with van der Waals surface area (Å²) in [5.74, 6) is 1.71. The Balaban J connectivity index is 2.80. The number of hydrogen-bond acceptors (Lipinski definition) is 2. The highest BCUT2D eigenvalue weighted by Gasteiger charge is 1.97. The zero-order chi connectivity index (χ0) is 11.8. The van der Waals surface area contributed by atoms with Crippen molar-refractivity contribution >= 4 is 0 Å². The first-order valence-electron chi connectivity index (χ1n) is 5.59. The van der Waals surface area contributed by atoms with Crippen LogP contribution in [0.1, 0.15) is 25.8 Å². The first-order chi connectivity index (χ1) is 7.80. The van der Waals surface area contributed by atoms with E-state index in [1.54, 1.807) is 0 Å². The zero-order valence-electron chi connectivity index (χ0n) is 9.94. The van der Waals surface area contributed by atoms with Gasteiger partial charge in [0.15, 0.2) is 0 Å². The molecule has 0 atom stereocenters. The topological polar surface area (TPSA) is 35.2 Å². The van der Waals surface area contributed by atoms with Crippen molar-refractivity contribution in [2.75, 3.05) is 0 Å². The monoisotopic (exact) mass is 217 g/mol. The lowest BCUT2D eigenvalue weighted by atomic mass is 10.2. The van der Waals surface area contributed by atoms with Gasteiger partial charge in [0, 0.05) is 6.54 Å². The Morgan fingerprint density at radius 1 is 1.44 bits per heavy atom. The summed E-state index contributed by atoms with van der Waals surface area (Å²) in [5.41, 5.74) is 6.66. The van der Waals surface area contributed by atoms with Crippen LogP contribution in [-0.4, -0.2) is 0 Å². The Bertz CT molecular complexity index is 380. The number of allylic oxidation sites excluding steroid dienone is 3. The highest BCUT2D eigenvalue weighted by Crippen LogP contribution is 2.16. The fraction of sp³-hybridized carbons (Fsp3) is 0.286. The molecule has 0 aliphatic rings. The highest BCUT2D eigenvalue weighted by atomic mass is 16.5. The van der Waals surface area contributed by atoms with Crippen LogP contribution >= 0.6 is 0 Å². The maximum Gasteiger partial charge on any atom is 0.127 e. The molecule has 2 nitrogen and oxygen atoms in total. The molecule has 0 aromatic heterocycles. The van der Waals surface area contributed by atoms with Gasteiger partial charge in [-0.25, -0.2) is 0 Å². The molecule has 0 unspecified atom stereocenters. The Morgan fingerprint density at radius 3 is 2.88 bits per heavy atom. The van der Waals surface area contributed by atoms with Crippen LogP contribution in [0, 0.1) is 0 Å². The molecule has 86 valence electrons. The predicted molar refractivity (Wildman–Crippen MR) is 68.1 cm³/mol. The molecule has 0 heterocycles. The molecule has 2 heteroatoms. The maximum atomic E-state index is 5.76. The van der Waals surface area contributed by atoms with Crippen molar-refractivity contribution in [1.82, 2.24) is 0 Å². The van der Waals surface area contributed by atoms with Gasteiger partial charge in [-0.2, -0.15) is 0 Å². The van der Waals surface area contributed by atoms with Crippen molar-refractivity contribution in [2.45, 2.75) is 26.8 Å². The van der Waals surface area contributed by atoms with Crippen LogP contribution in [0.15, 0.2) is 48.3 Å². The third-order valence-corrected chi connectivity index (χ3v) is 2.11. The summed E-state index contributed by atoms with van der Waals surface area (Å²) in [6, 6.07) is 7.85. The van der Waals surface area contributed by atoms with E-state index < -0.39 is 0 Å². The normalized spacial score (nSPS) is 12.1. The lowest BCUT2D eigenvalue weighted by Gasteiger charge is -2.07. The maximum absolute atomic E-state index is 5.76. The van der Waals surface area contributed by atoms with Crippen LogP contribution in [0.3, 0.4) is 0 Å². The van der Waals surface area contributed by atoms with Gasteiger partial charge in [-0.3, -0.25) is 0 Å². The predicted octanol–water partition coefficient (Wildman–Crippen LogP) is 3.39. The summed E-state index contributed by atoms with van der Waals surface area (Å²) in [5, 5.41) is 0. The van der Waals surface area contributed by atoms with Crippen molar-refractivity contribution in [1.29, 1.82) is 0 Å². The molecule has 1 aromatic carbocycles. The van der Waals surface area contributed by atoms with E-state index in [9.17, 15) is 0 Å². The SMILES string of the molecule is C/C=C\C(=C/CC)Oc1cccc(CN)c1. The van der Waals surface area contributed by atoms with Gasteiger partial charge >= 0.3 is 0 Å². The van der Waals surface area contributed by atoms with E-state index in [-0.39, 0.29) is 0 Å². The van der Waals surface area contributed by atoms with Crippen LogP contribution in [0.5, 0.6) is 5.75 Å². The molecule has 0 fully saturated rings. The van der Waals surface area contributed by atoms with Gasteiger partial charge in [-0.15, -0.1) is 0 Å². The molecule has 0 spiro atoms. The standard InChI is InChI=1S/C14H19NO/c1-3-6-13(7-4-2)16-14-9-5-8-12(10-14)11-15/h3,5-10H,4,11,15H2,1-2H3/b6-3-,13-7+. The molecule has 0 saturated heterocycles. The van der Waals surface area contributed by atoms with Gasteiger partial charge in [0.25, 0.3) is 0 Å². The van der Waals surface area contributed by atoms with Crippen LogP contribution in [0.2, 0.25) is 0 Å². The molecule has 1 rings (SSSR count). The minimum absolute atomic E-state index is 0.535. The van der Waals surface area contributed by atoms with E-state index in [0.29, 0.717) is 6.54 Å². The van der Waals surface area contributed by atoms with E-state index in [2.05, 4.69) is 13.0 Å². The molecule has 0 radical (unpaired) electrons. The summed E-state index contributed by atoms with van der Waals surface area (Å²) in [6.07, 6.45) is 6.93. The molecule has 2 N–H and O–H groups in total. The largest absolute Gasteiger partial charge is 0.458 e. The summed E-state index contributed by atoms with van der Waals surface area (Å²) in [7, 11) is 0. The number of ether oxygens (including phenoxy) is 1. The Labute approximate surface area is 97.4 Å². The van der Waals surface area contributed by atoms with Crippen molar-refractivity contribution in [2.24, 2.45) is 5.73 Å². The smallest absolute Gasteiger partial charge is 0.127 e. The fourth-order valence-corrected chi connectivity index (χ4v) is 1.38.